The second-order valence-electron chi connectivity index (χ2n) is 2.72. The summed E-state index contributed by atoms with van der Waals surface area (Å²) in [5.74, 6) is 1.07. The minimum Gasteiger partial charge on any atom is -0.245 e. The number of nitrogens with zero attached hydrogens (tertiary/aromatic N) is 1. The normalized spacial score (nSPS) is 10.5. The van der Waals surface area contributed by atoms with Gasteiger partial charge in [0.15, 0.2) is 0 Å². The Morgan fingerprint density at radius 3 is 3.08 bits per heavy atom. The third-order valence-electron chi connectivity index (χ3n) is 1.81. The monoisotopic (exact) mass is 188 g/mol. The minimum absolute atomic E-state index is 1.02. The lowest BCUT2D eigenvalue weighted by Crippen LogP contribution is -1.80. The van der Waals surface area contributed by atoms with Crippen molar-refractivity contribution >= 4 is 22.7 Å². The van der Waals surface area contributed by atoms with Crippen LogP contribution >= 0.6 is 11.8 Å². The van der Waals surface area contributed by atoms with Gasteiger partial charge in [-0.3, -0.25) is 0 Å². The molecular weight excluding hydrogens is 178 g/mol. The third kappa shape index (κ3) is 1.83. The molecule has 0 aliphatic rings. The van der Waals surface area contributed by atoms with Crippen molar-refractivity contribution < 1.29 is 0 Å². The zero-order valence-corrected chi connectivity index (χ0v) is 8.27. The van der Waals surface area contributed by atoms with Crippen molar-refractivity contribution in [3.05, 3.63) is 36.5 Å². The van der Waals surface area contributed by atoms with Gasteiger partial charge in [0.2, 0.25) is 0 Å². The molecule has 1 aromatic carbocycles. The quantitative estimate of drug-likeness (QED) is 0.671. The predicted molar refractivity (Wildman–Crippen MR) is 57.0 cm³/mol. The highest BCUT2D eigenvalue weighted by molar-refractivity contribution is 7.99. The fraction of sp³-hybridized carbons (Fsp3) is 0.182. The van der Waals surface area contributed by atoms with Crippen LogP contribution in [0, 0.1) is 6.20 Å². The Bertz CT molecular complexity index is 412. The number of rotatable bonds is 2. The van der Waals surface area contributed by atoms with Gasteiger partial charge in [-0.2, -0.15) is 0 Å². The van der Waals surface area contributed by atoms with Crippen molar-refractivity contribution in [2.45, 2.75) is 11.8 Å². The summed E-state index contributed by atoms with van der Waals surface area (Å²) < 4.78 is 0. The first kappa shape index (κ1) is 8.57. The fourth-order valence-corrected chi connectivity index (χ4v) is 1.86. The fourth-order valence-electron chi connectivity index (χ4n) is 1.23. The van der Waals surface area contributed by atoms with E-state index in [0.29, 0.717) is 0 Å². The standard InChI is InChI=1S/C11H10NS/c1-2-13-10-7-9-5-3-4-6-11(9)12-8-10/h3-7H,2H2,1H3. The van der Waals surface area contributed by atoms with Crippen LogP contribution in [0.2, 0.25) is 0 Å². The number of pyridine rings is 1. The Balaban J connectivity index is 2.49. The topological polar surface area (TPSA) is 12.9 Å². The van der Waals surface area contributed by atoms with Gasteiger partial charge in [0.1, 0.15) is 6.20 Å². The van der Waals surface area contributed by atoms with Crippen molar-refractivity contribution in [2.75, 3.05) is 5.75 Å². The van der Waals surface area contributed by atoms with E-state index >= 15 is 0 Å². The molecule has 2 rings (SSSR count). The average molecular weight is 188 g/mol. The molecule has 0 fully saturated rings. The molecule has 1 heterocycles. The number of aromatic nitrogens is 1. The van der Waals surface area contributed by atoms with Gasteiger partial charge in [-0.05, 0) is 17.9 Å². The molecule has 0 bridgehead atoms. The van der Waals surface area contributed by atoms with Crippen LogP contribution in [-0.4, -0.2) is 10.7 Å². The second kappa shape index (κ2) is 3.79. The molecule has 0 N–H and O–H groups in total. The Morgan fingerprint density at radius 2 is 2.23 bits per heavy atom. The number of hydrogen-bond acceptors (Lipinski definition) is 2. The summed E-state index contributed by atoms with van der Waals surface area (Å²) in [6, 6.07) is 10.2. The number of fused-ring (bicyclic) bond motifs is 1. The summed E-state index contributed by atoms with van der Waals surface area (Å²) in [6.07, 6.45) is 3.03. The number of benzene rings is 1. The number of hydrogen-bond donors (Lipinski definition) is 0. The Morgan fingerprint density at radius 1 is 1.38 bits per heavy atom. The van der Waals surface area contributed by atoms with Gasteiger partial charge < -0.3 is 0 Å². The lowest BCUT2D eigenvalue weighted by Gasteiger charge is -1.99. The first-order valence-corrected chi connectivity index (χ1v) is 5.29. The molecular formula is C11H10NS. The van der Waals surface area contributed by atoms with Crippen LogP contribution in [0.5, 0.6) is 0 Å². The van der Waals surface area contributed by atoms with E-state index in [0.717, 1.165) is 16.2 Å². The lowest BCUT2D eigenvalue weighted by atomic mass is 10.2. The van der Waals surface area contributed by atoms with Gasteiger partial charge in [0.25, 0.3) is 0 Å². The van der Waals surface area contributed by atoms with Crippen molar-refractivity contribution in [3.8, 4) is 0 Å². The maximum atomic E-state index is 4.25. The molecule has 65 valence electrons. The molecule has 0 amide bonds. The molecule has 0 saturated heterocycles. The van der Waals surface area contributed by atoms with E-state index in [9.17, 15) is 0 Å². The van der Waals surface area contributed by atoms with Gasteiger partial charge in [-0.15, -0.1) is 11.8 Å². The lowest BCUT2D eigenvalue weighted by molar-refractivity contribution is 1.28. The first-order valence-electron chi connectivity index (χ1n) is 4.30. The van der Waals surface area contributed by atoms with E-state index in [1.807, 2.05) is 18.2 Å². The average Bonchev–Trinajstić information content (AvgIpc) is 2.18. The highest BCUT2D eigenvalue weighted by atomic mass is 32.2. The Kier molecular flexibility index (Phi) is 2.50. The van der Waals surface area contributed by atoms with Crippen LogP contribution < -0.4 is 0 Å². The van der Waals surface area contributed by atoms with Crippen molar-refractivity contribution in [2.24, 2.45) is 0 Å². The zero-order valence-electron chi connectivity index (χ0n) is 7.45. The summed E-state index contributed by atoms with van der Waals surface area (Å²) in [4.78, 5) is 5.38. The summed E-state index contributed by atoms with van der Waals surface area (Å²) in [6.45, 7) is 2.13. The zero-order chi connectivity index (χ0) is 9.10. The Hall–Kier alpha value is -1.02. The van der Waals surface area contributed by atoms with E-state index in [-0.39, 0.29) is 0 Å². The van der Waals surface area contributed by atoms with Gasteiger partial charge in [0.05, 0.1) is 5.52 Å². The molecule has 0 aliphatic carbocycles. The van der Waals surface area contributed by atoms with Gasteiger partial charge in [0, 0.05) is 10.3 Å². The Labute approximate surface area is 82.2 Å². The summed E-state index contributed by atoms with van der Waals surface area (Å²) in [7, 11) is 0. The van der Waals surface area contributed by atoms with Crippen molar-refractivity contribution in [1.82, 2.24) is 4.98 Å². The number of para-hydroxylation sites is 1. The van der Waals surface area contributed by atoms with Crippen LogP contribution in [0.15, 0.2) is 35.2 Å². The summed E-state index contributed by atoms with van der Waals surface area (Å²) >= 11 is 1.77. The molecule has 2 heteroatoms. The molecule has 1 nitrogen and oxygen atoms in total. The molecule has 2 aromatic rings. The van der Waals surface area contributed by atoms with E-state index in [1.54, 1.807) is 11.8 Å². The highest BCUT2D eigenvalue weighted by Crippen LogP contribution is 2.20. The maximum absolute atomic E-state index is 4.25. The van der Waals surface area contributed by atoms with E-state index in [2.05, 4.69) is 30.2 Å². The predicted octanol–water partition coefficient (Wildman–Crippen LogP) is 3.15. The molecule has 0 atom stereocenters. The van der Waals surface area contributed by atoms with Gasteiger partial charge in [-0.1, -0.05) is 25.1 Å². The van der Waals surface area contributed by atoms with Crippen LogP contribution in [0.3, 0.4) is 0 Å². The van der Waals surface area contributed by atoms with Gasteiger partial charge >= 0.3 is 0 Å². The SMILES string of the molecule is CCSc1[c]nc2ccccc2c1. The van der Waals surface area contributed by atoms with Crippen LogP contribution in [-0.2, 0) is 0 Å². The molecule has 1 aromatic heterocycles. The first-order chi connectivity index (χ1) is 6.40. The summed E-state index contributed by atoms with van der Waals surface area (Å²) in [5, 5.41) is 1.19. The van der Waals surface area contributed by atoms with Crippen molar-refractivity contribution in [1.29, 1.82) is 0 Å². The maximum Gasteiger partial charge on any atom is 0.104 e. The van der Waals surface area contributed by atoms with Crippen LogP contribution in [0.25, 0.3) is 10.9 Å². The van der Waals surface area contributed by atoms with Crippen LogP contribution in [0.4, 0.5) is 0 Å². The smallest absolute Gasteiger partial charge is 0.104 e. The van der Waals surface area contributed by atoms with E-state index in [4.69, 9.17) is 0 Å². The molecule has 0 aliphatic heterocycles. The van der Waals surface area contributed by atoms with E-state index in [1.165, 1.54) is 5.39 Å². The van der Waals surface area contributed by atoms with E-state index < -0.39 is 0 Å². The third-order valence-corrected chi connectivity index (χ3v) is 2.62. The van der Waals surface area contributed by atoms with Gasteiger partial charge in [-0.25, -0.2) is 4.98 Å². The van der Waals surface area contributed by atoms with Crippen molar-refractivity contribution in [3.63, 3.8) is 0 Å². The molecule has 13 heavy (non-hydrogen) atoms. The largest absolute Gasteiger partial charge is 0.245 e. The highest BCUT2D eigenvalue weighted by Gasteiger charge is 1.96. The second-order valence-corrected chi connectivity index (χ2v) is 4.03. The number of thioether (sulfide) groups is 1. The molecule has 0 unspecified atom stereocenters. The molecule has 1 radical (unpaired) electrons. The minimum atomic E-state index is 1.02. The molecule has 0 spiro atoms. The summed E-state index contributed by atoms with van der Waals surface area (Å²) in [5.41, 5.74) is 1.02. The molecule has 0 saturated carbocycles. The van der Waals surface area contributed by atoms with Crippen LogP contribution in [0.1, 0.15) is 6.92 Å².